The topological polar surface area (TPSA) is 86.5 Å². The second-order valence-electron chi connectivity index (χ2n) is 6.04. The highest BCUT2D eigenvalue weighted by molar-refractivity contribution is 7.99. The molecule has 30 heavy (non-hydrogen) atoms. The number of rotatable bonds is 7. The normalized spacial score (nSPS) is 10.9. The van der Waals surface area contributed by atoms with Gasteiger partial charge in [-0.2, -0.15) is 0 Å². The Balaban J connectivity index is 1.38. The number of hydrogen-bond acceptors (Lipinski definition) is 8. The van der Waals surface area contributed by atoms with Gasteiger partial charge in [-0.25, -0.2) is 9.97 Å². The molecule has 0 unspecified atom stereocenters. The summed E-state index contributed by atoms with van der Waals surface area (Å²) < 4.78 is 16.2. The van der Waals surface area contributed by atoms with Gasteiger partial charge in [-0.05, 0) is 36.4 Å². The number of oxazole rings is 1. The van der Waals surface area contributed by atoms with Crippen LogP contribution in [0.25, 0.3) is 22.4 Å². The van der Waals surface area contributed by atoms with E-state index in [1.54, 1.807) is 32.4 Å². The summed E-state index contributed by atoms with van der Waals surface area (Å²) in [4.78, 5) is 21.1. The van der Waals surface area contributed by atoms with Crippen LogP contribution in [-0.4, -0.2) is 35.8 Å². The van der Waals surface area contributed by atoms with Gasteiger partial charge in [0.25, 0.3) is 5.22 Å². The van der Waals surface area contributed by atoms with Crippen molar-refractivity contribution < 1.29 is 18.7 Å². The summed E-state index contributed by atoms with van der Waals surface area (Å²) in [5, 5.41) is 6.17. The van der Waals surface area contributed by atoms with Crippen LogP contribution in [0, 0.1) is 0 Å². The molecule has 0 saturated heterocycles. The van der Waals surface area contributed by atoms with E-state index in [1.165, 1.54) is 23.1 Å². The molecule has 1 amide bonds. The Morgan fingerprint density at radius 1 is 1.17 bits per heavy atom. The first-order chi connectivity index (χ1) is 14.6. The van der Waals surface area contributed by atoms with Crippen LogP contribution in [0.2, 0.25) is 5.02 Å². The first-order valence-electron chi connectivity index (χ1n) is 8.72. The molecule has 7 nitrogen and oxygen atoms in total. The number of nitrogens with zero attached hydrogens (tertiary/aromatic N) is 2. The smallest absolute Gasteiger partial charge is 0.257 e. The Hall–Kier alpha value is -2.75. The van der Waals surface area contributed by atoms with Gasteiger partial charge < -0.3 is 19.2 Å². The lowest BCUT2D eigenvalue weighted by Crippen LogP contribution is -2.13. The number of hydrogen-bond donors (Lipinski definition) is 1. The summed E-state index contributed by atoms with van der Waals surface area (Å²) in [5.74, 6) is 1.20. The van der Waals surface area contributed by atoms with Crippen molar-refractivity contribution in [3.05, 3.63) is 46.8 Å². The van der Waals surface area contributed by atoms with Gasteiger partial charge in [0, 0.05) is 16.0 Å². The molecule has 0 aliphatic carbocycles. The van der Waals surface area contributed by atoms with Gasteiger partial charge in [-0.3, -0.25) is 4.79 Å². The zero-order chi connectivity index (χ0) is 21.1. The molecular formula is C20H16ClN3O4S2. The number of carbonyl (C=O) groups excluding carboxylic acids is 1. The van der Waals surface area contributed by atoms with Gasteiger partial charge in [0.05, 0.1) is 25.7 Å². The van der Waals surface area contributed by atoms with Crippen LogP contribution >= 0.6 is 34.7 Å². The molecule has 154 valence electrons. The highest BCUT2D eigenvalue weighted by Gasteiger charge is 2.13. The Labute approximate surface area is 185 Å². The van der Waals surface area contributed by atoms with E-state index in [9.17, 15) is 4.79 Å². The predicted molar refractivity (Wildman–Crippen MR) is 119 cm³/mol. The van der Waals surface area contributed by atoms with Crippen LogP contribution in [0.4, 0.5) is 5.13 Å². The van der Waals surface area contributed by atoms with Gasteiger partial charge in [0.1, 0.15) is 5.52 Å². The molecule has 0 aliphatic rings. The molecular weight excluding hydrogens is 446 g/mol. The quantitative estimate of drug-likeness (QED) is 0.371. The lowest BCUT2D eigenvalue weighted by Gasteiger charge is -2.08. The molecule has 2 aromatic carbocycles. The Morgan fingerprint density at radius 3 is 2.80 bits per heavy atom. The average molecular weight is 462 g/mol. The largest absolute Gasteiger partial charge is 0.493 e. The Bertz CT molecular complexity index is 1210. The Kier molecular flexibility index (Phi) is 6.12. The van der Waals surface area contributed by atoms with Gasteiger partial charge in [0.15, 0.2) is 22.2 Å². The third-order valence-corrected chi connectivity index (χ3v) is 5.91. The van der Waals surface area contributed by atoms with Crippen molar-refractivity contribution in [3.63, 3.8) is 0 Å². The molecule has 2 heterocycles. The number of ether oxygens (including phenoxy) is 2. The number of thioether (sulfide) groups is 1. The number of methoxy groups -OCH3 is 2. The standard InChI is InChI=1S/C20H16ClN3O4S2/c1-26-16-5-3-11(7-17(16)27-2)14-9-29-19(22-14)24-18(25)10-30-20-23-13-8-12(21)4-6-15(13)28-20/h3-9H,10H2,1-2H3,(H,22,24,25). The van der Waals surface area contributed by atoms with Crippen LogP contribution < -0.4 is 14.8 Å². The average Bonchev–Trinajstić information content (AvgIpc) is 3.38. The Morgan fingerprint density at radius 2 is 2.00 bits per heavy atom. The first-order valence-corrected chi connectivity index (χ1v) is 11.0. The highest BCUT2D eigenvalue weighted by atomic mass is 35.5. The second kappa shape index (κ2) is 8.95. The molecule has 2 aromatic heterocycles. The zero-order valence-electron chi connectivity index (χ0n) is 16.0. The highest BCUT2D eigenvalue weighted by Crippen LogP contribution is 2.33. The van der Waals surface area contributed by atoms with Crippen LogP contribution in [0.1, 0.15) is 0 Å². The summed E-state index contributed by atoms with van der Waals surface area (Å²) in [5.41, 5.74) is 2.88. The van der Waals surface area contributed by atoms with Crippen LogP contribution in [-0.2, 0) is 4.79 Å². The maximum atomic E-state index is 12.3. The van der Waals surface area contributed by atoms with Crippen molar-refractivity contribution in [2.24, 2.45) is 0 Å². The SMILES string of the molecule is COc1ccc(-c2csc(NC(=O)CSc3nc4cc(Cl)ccc4o3)n2)cc1OC. The molecule has 0 atom stereocenters. The predicted octanol–water partition coefficient (Wildman–Crippen LogP) is 5.35. The number of benzene rings is 2. The van der Waals surface area contributed by atoms with E-state index >= 15 is 0 Å². The van der Waals surface area contributed by atoms with Crippen LogP contribution in [0.3, 0.4) is 0 Å². The maximum Gasteiger partial charge on any atom is 0.257 e. The molecule has 0 bridgehead atoms. The van der Waals surface area contributed by atoms with Crippen molar-refractivity contribution in [2.45, 2.75) is 5.22 Å². The van der Waals surface area contributed by atoms with Crippen molar-refractivity contribution in [1.82, 2.24) is 9.97 Å². The van der Waals surface area contributed by atoms with Crippen molar-refractivity contribution in [3.8, 4) is 22.8 Å². The van der Waals surface area contributed by atoms with E-state index < -0.39 is 0 Å². The number of amides is 1. The summed E-state index contributed by atoms with van der Waals surface area (Å²) in [6, 6.07) is 10.7. The maximum absolute atomic E-state index is 12.3. The number of fused-ring (bicyclic) bond motifs is 1. The molecule has 4 aromatic rings. The lowest BCUT2D eigenvalue weighted by atomic mass is 10.1. The minimum absolute atomic E-state index is 0.145. The van der Waals surface area contributed by atoms with Crippen molar-refractivity contribution in [1.29, 1.82) is 0 Å². The molecule has 0 fully saturated rings. The van der Waals surface area contributed by atoms with Crippen LogP contribution in [0.15, 0.2) is 51.4 Å². The van der Waals surface area contributed by atoms with Gasteiger partial charge in [0.2, 0.25) is 5.91 Å². The fourth-order valence-electron chi connectivity index (χ4n) is 2.68. The molecule has 10 heteroatoms. The van der Waals surface area contributed by atoms with E-state index in [4.69, 9.17) is 25.5 Å². The first kappa shape index (κ1) is 20.5. The zero-order valence-corrected chi connectivity index (χ0v) is 18.4. The third-order valence-electron chi connectivity index (χ3n) is 4.09. The molecule has 0 radical (unpaired) electrons. The number of nitrogens with one attached hydrogen (secondary N) is 1. The van der Waals surface area contributed by atoms with E-state index in [0.717, 1.165) is 11.3 Å². The molecule has 4 rings (SSSR count). The van der Waals surface area contributed by atoms with E-state index in [0.29, 0.717) is 38.0 Å². The minimum atomic E-state index is -0.200. The van der Waals surface area contributed by atoms with Crippen molar-refractivity contribution >= 4 is 56.8 Å². The third kappa shape index (κ3) is 4.53. The second-order valence-corrected chi connectivity index (χ2v) is 8.26. The molecule has 1 N–H and O–H groups in total. The lowest BCUT2D eigenvalue weighted by molar-refractivity contribution is -0.113. The molecule has 0 saturated carbocycles. The van der Waals surface area contributed by atoms with Gasteiger partial charge in [-0.15, -0.1) is 11.3 Å². The number of carbonyl (C=O) groups is 1. The van der Waals surface area contributed by atoms with Crippen LogP contribution in [0.5, 0.6) is 11.5 Å². The number of halogens is 1. The monoisotopic (exact) mass is 461 g/mol. The molecule has 0 spiro atoms. The molecule has 0 aliphatic heterocycles. The van der Waals surface area contributed by atoms with Gasteiger partial charge in [-0.1, -0.05) is 23.4 Å². The summed E-state index contributed by atoms with van der Waals surface area (Å²) in [6.45, 7) is 0. The number of anilines is 1. The van der Waals surface area contributed by atoms with E-state index in [2.05, 4.69) is 15.3 Å². The van der Waals surface area contributed by atoms with Crippen molar-refractivity contribution in [2.75, 3.05) is 25.3 Å². The summed E-state index contributed by atoms with van der Waals surface area (Å²) >= 11 is 8.50. The summed E-state index contributed by atoms with van der Waals surface area (Å²) in [7, 11) is 3.17. The van der Waals surface area contributed by atoms with E-state index in [1.807, 2.05) is 23.6 Å². The number of thiazole rings is 1. The fraction of sp³-hybridized carbons (Fsp3) is 0.150. The summed E-state index contributed by atoms with van der Waals surface area (Å²) in [6.07, 6.45) is 0. The number of aromatic nitrogens is 2. The minimum Gasteiger partial charge on any atom is -0.493 e. The van der Waals surface area contributed by atoms with E-state index in [-0.39, 0.29) is 11.7 Å². The van der Waals surface area contributed by atoms with Gasteiger partial charge >= 0.3 is 0 Å². The fourth-order valence-corrected chi connectivity index (χ4v) is 4.22.